The maximum atomic E-state index is 12.5. The summed E-state index contributed by atoms with van der Waals surface area (Å²) in [5, 5.41) is 2.06. The zero-order valence-electron chi connectivity index (χ0n) is 11.6. The first-order chi connectivity index (χ1) is 8.96. The van der Waals surface area contributed by atoms with Crippen LogP contribution in [-0.2, 0) is 0 Å². The van der Waals surface area contributed by atoms with Crippen LogP contribution in [-0.4, -0.2) is 30.4 Å². The highest BCUT2D eigenvalue weighted by Crippen LogP contribution is 2.31. The summed E-state index contributed by atoms with van der Waals surface area (Å²) < 4.78 is 2.39. The molecule has 19 heavy (non-hydrogen) atoms. The quantitative estimate of drug-likeness (QED) is 0.919. The molecule has 0 spiro atoms. The van der Waals surface area contributed by atoms with Gasteiger partial charge in [-0.3, -0.25) is 4.79 Å². The number of nitrogens with zero attached hydrogens (tertiary/aromatic N) is 1. The minimum atomic E-state index is -0.0414. The first-order valence-corrected chi connectivity index (χ1v) is 8.13. The molecule has 0 aliphatic heterocycles. The summed E-state index contributed by atoms with van der Waals surface area (Å²) in [5.41, 5.74) is 5.72. The van der Waals surface area contributed by atoms with Crippen LogP contribution in [0.3, 0.4) is 0 Å². The summed E-state index contributed by atoms with van der Waals surface area (Å²) in [7, 11) is 0. The van der Waals surface area contributed by atoms with Gasteiger partial charge in [0.1, 0.15) is 0 Å². The Labute approximate surface area is 122 Å². The van der Waals surface area contributed by atoms with E-state index in [9.17, 15) is 4.79 Å². The van der Waals surface area contributed by atoms with E-state index in [4.69, 9.17) is 5.73 Å². The van der Waals surface area contributed by atoms with Crippen LogP contribution in [0, 0.1) is 5.41 Å². The highest BCUT2D eigenvalue weighted by Gasteiger charge is 2.24. The number of thiophene rings is 2. The molecule has 3 nitrogen and oxygen atoms in total. The van der Waals surface area contributed by atoms with E-state index in [0.717, 1.165) is 4.88 Å². The molecule has 2 rings (SSSR count). The summed E-state index contributed by atoms with van der Waals surface area (Å²) in [6.45, 7) is 8.20. The van der Waals surface area contributed by atoms with Crippen molar-refractivity contribution < 1.29 is 4.79 Å². The van der Waals surface area contributed by atoms with Gasteiger partial charge in [-0.15, -0.1) is 22.7 Å². The van der Waals surface area contributed by atoms with Gasteiger partial charge in [0.05, 0.1) is 4.88 Å². The molecule has 0 aliphatic carbocycles. The van der Waals surface area contributed by atoms with Crippen molar-refractivity contribution in [2.24, 2.45) is 11.1 Å². The van der Waals surface area contributed by atoms with Crippen LogP contribution in [0.25, 0.3) is 9.40 Å². The van der Waals surface area contributed by atoms with E-state index >= 15 is 0 Å². The monoisotopic (exact) mass is 296 g/mol. The minimum absolute atomic E-state index is 0.0414. The fourth-order valence-corrected chi connectivity index (χ4v) is 4.01. The van der Waals surface area contributed by atoms with E-state index in [1.54, 1.807) is 22.7 Å². The van der Waals surface area contributed by atoms with E-state index in [2.05, 4.69) is 25.3 Å². The number of nitrogens with two attached hydrogens (primary N) is 1. The second kappa shape index (κ2) is 5.61. The molecule has 0 radical (unpaired) electrons. The lowest BCUT2D eigenvalue weighted by Crippen LogP contribution is -2.41. The normalized spacial score (nSPS) is 12.0. The summed E-state index contributed by atoms with van der Waals surface area (Å²) >= 11 is 3.26. The molecular formula is C14H20N2OS2. The van der Waals surface area contributed by atoms with Crippen LogP contribution >= 0.6 is 22.7 Å². The average Bonchev–Trinajstić information content (AvgIpc) is 2.95. The highest BCUT2D eigenvalue weighted by atomic mass is 32.1. The zero-order chi connectivity index (χ0) is 14.0. The zero-order valence-corrected chi connectivity index (χ0v) is 13.2. The van der Waals surface area contributed by atoms with Gasteiger partial charge in [0.2, 0.25) is 0 Å². The number of amides is 1. The molecule has 0 saturated carbocycles. The largest absolute Gasteiger partial charge is 0.338 e. The number of carbonyl (C=O) groups is 1. The molecule has 0 aromatic carbocycles. The van der Waals surface area contributed by atoms with Gasteiger partial charge in [0.15, 0.2) is 0 Å². The minimum Gasteiger partial charge on any atom is -0.338 e. The maximum absolute atomic E-state index is 12.5. The molecule has 2 aromatic heterocycles. The Hall–Kier alpha value is -0.910. The summed E-state index contributed by atoms with van der Waals surface area (Å²) in [6, 6.07) is 4.08. The molecule has 2 heterocycles. The lowest BCUT2D eigenvalue weighted by atomic mass is 9.93. The van der Waals surface area contributed by atoms with E-state index in [1.807, 2.05) is 17.9 Å². The third-order valence-corrected chi connectivity index (χ3v) is 5.27. The van der Waals surface area contributed by atoms with Crippen molar-refractivity contribution in [3.05, 3.63) is 22.4 Å². The molecule has 2 N–H and O–H groups in total. The molecule has 0 atom stereocenters. The Bertz CT molecular complexity index is 542. The molecule has 1 amide bonds. The Morgan fingerprint density at radius 1 is 1.42 bits per heavy atom. The van der Waals surface area contributed by atoms with E-state index in [0.29, 0.717) is 19.6 Å². The van der Waals surface area contributed by atoms with Gasteiger partial charge >= 0.3 is 0 Å². The Kier molecular flexibility index (Phi) is 4.28. The molecular weight excluding hydrogens is 276 g/mol. The maximum Gasteiger partial charge on any atom is 0.264 e. The van der Waals surface area contributed by atoms with Gasteiger partial charge in [-0.25, -0.2) is 0 Å². The molecule has 0 aliphatic rings. The summed E-state index contributed by atoms with van der Waals surface area (Å²) in [5.74, 6) is 0.123. The molecule has 2 aromatic rings. The third kappa shape index (κ3) is 3.16. The lowest BCUT2D eigenvalue weighted by Gasteiger charge is -2.30. The van der Waals surface area contributed by atoms with Crippen molar-refractivity contribution in [2.75, 3.05) is 19.6 Å². The van der Waals surface area contributed by atoms with Crippen LogP contribution in [0.15, 0.2) is 17.5 Å². The standard InChI is InChI=1S/C14H20N2OS2/c1-4-16(9-14(2,3)8-15)13(17)12-7-11-10(19-12)5-6-18-11/h5-7H,4,8-9,15H2,1-3H3. The number of carbonyl (C=O) groups excluding carboxylic acids is 1. The van der Waals surface area contributed by atoms with Crippen molar-refractivity contribution in [2.45, 2.75) is 20.8 Å². The fraction of sp³-hybridized carbons (Fsp3) is 0.500. The summed E-state index contributed by atoms with van der Waals surface area (Å²) in [6.07, 6.45) is 0. The van der Waals surface area contributed by atoms with Gasteiger partial charge < -0.3 is 10.6 Å². The Balaban J connectivity index is 2.18. The van der Waals surface area contributed by atoms with Gasteiger partial charge in [0.25, 0.3) is 5.91 Å². The molecule has 5 heteroatoms. The lowest BCUT2D eigenvalue weighted by molar-refractivity contribution is 0.0706. The van der Waals surface area contributed by atoms with E-state index in [1.165, 1.54) is 9.40 Å². The predicted molar refractivity (Wildman–Crippen MR) is 84.1 cm³/mol. The number of fused-ring (bicyclic) bond motifs is 1. The smallest absolute Gasteiger partial charge is 0.264 e. The fourth-order valence-electron chi connectivity index (χ4n) is 1.94. The van der Waals surface area contributed by atoms with Crippen LogP contribution < -0.4 is 5.73 Å². The first-order valence-electron chi connectivity index (χ1n) is 6.43. The van der Waals surface area contributed by atoms with Crippen molar-refractivity contribution in [1.82, 2.24) is 4.90 Å². The van der Waals surface area contributed by atoms with Gasteiger partial charge in [-0.05, 0) is 36.4 Å². The van der Waals surface area contributed by atoms with Crippen LogP contribution in [0.5, 0.6) is 0 Å². The van der Waals surface area contributed by atoms with Gasteiger partial charge in [0, 0.05) is 22.5 Å². The molecule has 104 valence electrons. The van der Waals surface area contributed by atoms with E-state index < -0.39 is 0 Å². The van der Waals surface area contributed by atoms with Crippen LogP contribution in [0.1, 0.15) is 30.4 Å². The first kappa shape index (κ1) is 14.5. The van der Waals surface area contributed by atoms with Gasteiger partial charge in [-0.2, -0.15) is 0 Å². The Morgan fingerprint density at radius 2 is 2.16 bits per heavy atom. The molecule has 0 bridgehead atoms. The average molecular weight is 296 g/mol. The van der Waals surface area contributed by atoms with Crippen molar-refractivity contribution >= 4 is 38.0 Å². The van der Waals surface area contributed by atoms with E-state index in [-0.39, 0.29) is 11.3 Å². The topological polar surface area (TPSA) is 46.3 Å². The highest BCUT2D eigenvalue weighted by molar-refractivity contribution is 7.27. The molecule has 0 fully saturated rings. The molecule has 0 saturated heterocycles. The third-order valence-electron chi connectivity index (χ3n) is 3.19. The van der Waals surface area contributed by atoms with Crippen molar-refractivity contribution in [3.8, 4) is 0 Å². The second-order valence-electron chi connectivity index (χ2n) is 5.45. The predicted octanol–water partition coefficient (Wildman–Crippen LogP) is 3.41. The van der Waals surface area contributed by atoms with Crippen LogP contribution in [0.2, 0.25) is 0 Å². The Morgan fingerprint density at radius 3 is 2.74 bits per heavy atom. The van der Waals surface area contributed by atoms with Crippen molar-refractivity contribution in [3.63, 3.8) is 0 Å². The van der Waals surface area contributed by atoms with Crippen LogP contribution in [0.4, 0.5) is 0 Å². The number of hydrogen-bond donors (Lipinski definition) is 1. The summed E-state index contributed by atoms with van der Waals surface area (Å²) in [4.78, 5) is 15.3. The SMILES string of the molecule is CCN(CC(C)(C)CN)C(=O)c1cc2sccc2s1. The number of rotatable bonds is 5. The number of hydrogen-bond acceptors (Lipinski definition) is 4. The molecule has 0 unspecified atom stereocenters. The van der Waals surface area contributed by atoms with Gasteiger partial charge in [-0.1, -0.05) is 13.8 Å². The van der Waals surface area contributed by atoms with Crippen molar-refractivity contribution in [1.29, 1.82) is 0 Å². The second-order valence-corrected chi connectivity index (χ2v) is 7.48.